The fourth-order valence-electron chi connectivity index (χ4n) is 2.41. The van der Waals surface area contributed by atoms with Gasteiger partial charge in [-0.1, -0.05) is 26.0 Å². The predicted octanol–water partition coefficient (Wildman–Crippen LogP) is 2.15. The summed E-state index contributed by atoms with van der Waals surface area (Å²) in [7, 11) is 1.90. The van der Waals surface area contributed by atoms with Gasteiger partial charge in [-0.25, -0.2) is 4.39 Å². The summed E-state index contributed by atoms with van der Waals surface area (Å²) < 4.78 is 14.8. The van der Waals surface area contributed by atoms with Crippen molar-refractivity contribution >= 4 is 0 Å². The van der Waals surface area contributed by atoms with Crippen LogP contribution < -0.4 is 0 Å². The molecule has 0 spiro atoms. The monoisotopic (exact) mass is 306 g/mol. The van der Waals surface area contributed by atoms with Gasteiger partial charge in [0.05, 0.1) is 12.6 Å². The quantitative estimate of drug-likeness (QED) is 0.851. The van der Waals surface area contributed by atoms with Crippen molar-refractivity contribution in [1.82, 2.24) is 19.7 Å². The van der Waals surface area contributed by atoms with Gasteiger partial charge in [-0.15, -0.1) is 10.2 Å². The molecule has 0 aliphatic heterocycles. The molecule has 0 amide bonds. The number of hydrogen-bond donors (Lipinski definition) is 1. The second kappa shape index (κ2) is 7.47. The van der Waals surface area contributed by atoms with Gasteiger partial charge in [-0.05, 0) is 23.6 Å². The average Bonchev–Trinajstić information content (AvgIpc) is 2.84. The highest BCUT2D eigenvalue weighted by atomic mass is 19.1. The average molecular weight is 306 g/mol. The van der Waals surface area contributed by atoms with Gasteiger partial charge >= 0.3 is 0 Å². The van der Waals surface area contributed by atoms with Gasteiger partial charge < -0.3 is 9.67 Å². The minimum atomic E-state index is -0.660. The van der Waals surface area contributed by atoms with E-state index >= 15 is 0 Å². The number of rotatable bonds is 7. The molecule has 1 N–H and O–H groups in total. The topological polar surface area (TPSA) is 54.2 Å². The largest absolute Gasteiger partial charge is 0.387 e. The van der Waals surface area contributed by atoms with E-state index in [1.165, 1.54) is 12.1 Å². The van der Waals surface area contributed by atoms with Crippen LogP contribution in [0.2, 0.25) is 0 Å². The zero-order chi connectivity index (χ0) is 16.1. The van der Waals surface area contributed by atoms with Crippen LogP contribution in [-0.4, -0.2) is 37.9 Å². The van der Waals surface area contributed by atoms with Crippen molar-refractivity contribution < 1.29 is 9.50 Å². The van der Waals surface area contributed by atoms with Gasteiger partial charge in [0.2, 0.25) is 0 Å². The fraction of sp³-hybridized carbons (Fsp3) is 0.500. The minimum Gasteiger partial charge on any atom is -0.387 e. The van der Waals surface area contributed by atoms with E-state index in [1.807, 2.05) is 11.6 Å². The summed E-state index contributed by atoms with van der Waals surface area (Å²) in [4.78, 5) is 2.14. The molecule has 5 nitrogen and oxygen atoms in total. The Hall–Kier alpha value is -1.79. The highest BCUT2D eigenvalue weighted by Crippen LogP contribution is 2.17. The van der Waals surface area contributed by atoms with Crippen molar-refractivity contribution in [3.8, 4) is 0 Å². The maximum atomic E-state index is 13.0. The summed E-state index contributed by atoms with van der Waals surface area (Å²) in [5, 5.41) is 18.4. The molecule has 1 unspecified atom stereocenters. The van der Waals surface area contributed by atoms with Crippen LogP contribution in [0.1, 0.15) is 31.3 Å². The van der Waals surface area contributed by atoms with Crippen LogP contribution in [0.3, 0.4) is 0 Å². The van der Waals surface area contributed by atoms with Crippen LogP contribution in [-0.2, 0) is 13.6 Å². The SMILES string of the molecule is CC(C)CN(Cc1nncn1C)CC(O)c1ccc(F)cc1. The number of halogens is 1. The molecule has 0 aliphatic carbocycles. The van der Waals surface area contributed by atoms with Crippen LogP contribution in [0, 0.1) is 11.7 Å². The Morgan fingerprint density at radius 3 is 2.45 bits per heavy atom. The third kappa shape index (κ3) is 4.61. The van der Waals surface area contributed by atoms with Crippen LogP contribution in [0.15, 0.2) is 30.6 Å². The molecule has 22 heavy (non-hydrogen) atoms. The van der Waals surface area contributed by atoms with E-state index in [2.05, 4.69) is 28.9 Å². The molecular formula is C16H23FN4O. The van der Waals surface area contributed by atoms with E-state index in [-0.39, 0.29) is 5.82 Å². The molecule has 120 valence electrons. The molecule has 2 aromatic rings. The smallest absolute Gasteiger partial charge is 0.146 e. The van der Waals surface area contributed by atoms with Crippen molar-refractivity contribution in [2.24, 2.45) is 13.0 Å². The van der Waals surface area contributed by atoms with Crippen molar-refractivity contribution in [2.75, 3.05) is 13.1 Å². The number of aliphatic hydroxyl groups excluding tert-OH is 1. The lowest BCUT2D eigenvalue weighted by Gasteiger charge is -2.26. The molecule has 0 saturated carbocycles. The summed E-state index contributed by atoms with van der Waals surface area (Å²) >= 11 is 0. The number of hydrogen-bond acceptors (Lipinski definition) is 4. The summed E-state index contributed by atoms with van der Waals surface area (Å²) in [6.45, 7) is 6.19. The first-order valence-electron chi connectivity index (χ1n) is 7.44. The Balaban J connectivity index is 2.05. The van der Waals surface area contributed by atoms with Crippen molar-refractivity contribution in [3.63, 3.8) is 0 Å². The fourth-order valence-corrected chi connectivity index (χ4v) is 2.41. The Kier molecular flexibility index (Phi) is 5.63. The molecule has 2 rings (SSSR count). The van der Waals surface area contributed by atoms with Crippen LogP contribution in [0.5, 0.6) is 0 Å². The highest BCUT2D eigenvalue weighted by Gasteiger charge is 2.17. The first-order chi connectivity index (χ1) is 10.5. The Morgan fingerprint density at radius 1 is 1.23 bits per heavy atom. The van der Waals surface area contributed by atoms with Crippen molar-refractivity contribution in [1.29, 1.82) is 0 Å². The molecule has 1 aromatic carbocycles. The molecular weight excluding hydrogens is 283 g/mol. The molecule has 0 bridgehead atoms. The van der Waals surface area contributed by atoms with E-state index < -0.39 is 6.10 Å². The molecule has 0 radical (unpaired) electrons. The second-order valence-electron chi connectivity index (χ2n) is 6.01. The number of benzene rings is 1. The first-order valence-corrected chi connectivity index (χ1v) is 7.44. The normalized spacial score (nSPS) is 13.0. The molecule has 1 heterocycles. The van der Waals surface area contributed by atoms with Crippen LogP contribution in [0.25, 0.3) is 0 Å². The maximum absolute atomic E-state index is 13.0. The Labute approximate surface area is 130 Å². The van der Waals surface area contributed by atoms with E-state index in [0.29, 0.717) is 24.6 Å². The number of aromatic nitrogens is 3. The minimum absolute atomic E-state index is 0.297. The molecule has 1 aromatic heterocycles. The third-order valence-corrected chi connectivity index (χ3v) is 3.48. The lowest BCUT2D eigenvalue weighted by Crippen LogP contribution is -2.32. The lowest BCUT2D eigenvalue weighted by atomic mass is 10.1. The van der Waals surface area contributed by atoms with Crippen LogP contribution in [0.4, 0.5) is 4.39 Å². The lowest BCUT2D eigenvalue weighted by molar-refractivity contribution is 0.0995. The third-order valence-electron chi connectivity index (χ3n) is 3.48. The van der Waals surface area contributed by atoms with Crippen molar-refractivity contribution in [2.45, 2.75) is 26.5 Å². The molecule has 0 saturated heterocycles. The number of aryl methyl sites for hydroxylation is 1. The zero-order valence-corrected chi connectivity index (χ0v) is 13.3. The van der Waals surface area contributed by atoms with E-state index in [1.54, 1.807) is 18.5 Å². The van der Waals surface area contributed by atoms with Gasteiger partial charge in [-0.3, -0.25) is 4.90 Å². The first kappa shape index (κ1) is 16.6. The predicted molar refractivity (Wildman–Crippen MR) is 82.5 cm³/mol. The standard InChI is InChI=1S/C16H23FN4O/c1-12(2)8-21(10-16-19-18-11-20(16)3)9-15(22)13-4-6-14(17)7-5-13/h4-7,11-12,15,22H,8-10H2,1-3H3. The molecule has 6 heteroatoms. The summed E-state index contributed by atoms with van der Waals surface area (Å²) in [5.74, 6) is 1.02. The van der Waals surface area contributed by atoms with Gasteiger partial charge in [0.15, 0.2) is 0 Å². The number of nitrogens with zero attached hydrogens (tertiary/aromatic N) is 4. The van der Waals surface area contributed by atoms with E-state index in [4.69, 9.17) is 0 Å². The van der Waals surface area contributed by atoms with Crippen LogP contribution >= 0.6 is 0 Å². The maximum Gasteiger partial charge on any atom is 0.146 e. The summed E-state index contributed by atoms with van der Waals surface area (Å²) in [6.07, 6.45) is 1.01. The molecule has 1 atom stereocenters. The Bertz CT molecular complexity index is 582. The van der Waals surface area contributed by atoms with Crippen molar-refractivity contribution in [3.05, 3.63) is 47.8 Å². The second-order valence-corrected chi connectivity index (χ2v) is 6.01. The zero-order valence-electron chi connectivity index (χ0n) is 13.3. The summed E-state index contributed by atoms with van der Waals surface area (Å²) in [5.41, 5.74) is 0.716. The van der Waals surface area contributed by atoms with E-state index in [9.17, 15) is 9.50 Å². The van der Waals surface area contributed by atoms with Gasteiger partial charge in [0.1, 0.15) is 18.0 Å². The number of aliphatic hydroxyl groups is 1. The van der Waals surface area contributed by atoms with E-state index in [0.717, 1.165) is 12.4 Å². The van der Waals surface area contributed by atoms with Gasteiger partial charge in [-0.2, -0.15) is 0 Å². The Morgan fingerprint density at radius 2 is 1.91 bits per heavy atom. The van der Waals surface area contributed by atoms with Gasteiger partial charge in [0.25, 0.3) is 0 Å². The highest BCUT2D eigenvalue weighted by molar-refractivity contribution is 5.18. The molecule has 0 fully saturated rings. The van der Waals surface area contributed by atoms with Gasteiger partial charge in [0, 0.05) is 20.1 Å². The summed E-state index contributed by atoms with van der Waals surface area (Å²) in [6, 6.07) is 5.98. The molecule has 0 aliphatic rings.